The first-order valence-corrected chi connectivity index (χ1v) is 9.17. The summed E-state index contributed by atoms with van der Waals surface area (Å²) in [6, 6.07) is 6.22. The third kappa shape index (κ3) is 3.87. The van der Waals surface area contributed by atoms with E-state index in [-0.39, 0.29) is 11.7 Å². The molecule has 1 aliphatic heterocycles. The molecular weight excluding hydrogens is 300 g/mol. The van der Waals surface area contributed by atoms with E-state index in [4.69, 9.17) is 0 Å². The average Bonchev–Trinajstić information content (AvgIpc) is 2.74. The first kappa shape index (κ1) is 17.4. The Morgan fingerprint density at radius 3 is 2.59 bits per heavy atom. The van der Waals surface area contributed by atoms with E-state index < -0.39 is 16.1 Å². The Balaban J connectivity index is 2.03. The second-order valence-corrected chi connectivity index (χ2v) is 8.67. The van der Waals surface area contributed by atoms with Gasteiger partial charge in [-0.05, 0) is 30.5 Å². The Morgan fingerprint density at radius 2 is 1.95 bits per heavy atom. The van der Waals surface area contributed by atoms with Crippen molar-refractivity contribution in [1.82, 2.24) is 9.21 Å². The predicted octanol–water partition coefficient (Wildman–Crippen LogP) is 0.988. The Hall–Kier alpha value is -0.950. The van der Waals surface area contributed by atoms with Crippen LogP contribution in [0.15, 0.2) is 18.2 Å². The van der Waals surface area contributed by atoms with Crippen LogP contribution >= 0.6 is 0 Å². The maximum atomic E-state index is 12.0. The van der Waals surface area contributed by atoms with Gasteiger partial charge in [-0.1, -0.05) is 18.2 Å². The summed E-state index contributed by atoms with van der Waals surface area (Å²) < 4.78 is 25.2. The van der Waals surface area contributed by atoms with Gasteiger partial charge in [0.15, 0.2) is 0 Å². The molecule has 2 unspecified atom stereocenters. The molecule has 22 heavy (non-hydrogen) atoms. The maximum Gasteiger partial charge on any atom is 0.214 e. The molecule has 0 saturated carbocycles. The summed E-state index contributed by atoms with van der Waals surface area (Å²) in [5.41, 5.74) is 3.76. The van der Waals surface area contributed by atoms with Crippen molar-refractivity contribution >= 4 is 10.0 Å². The molecule has 0 aliphatic carbocycles. The minimum absolute atomic E-state index is 0.00443. The van der Waals surface area contributed by atoms with Crippen LogP contribution in [0, 0.1) is 19.8 Å². The summed E-state index contributed by atoms with van der Waals surface area (Å²) in [5.74, 6) is -0.220. The van der Waals surface area contributed by atoms with Gasteiger partial charge in [0.05, 0.1) is 11.9 Å². The zero-order chi connectivity index (χ0) is 16.5. The minimum Gasteiger partial charge on any atom is -0.391 e. The molecule has 6 heteroatoms. The minimum atomic E-state index is -3.28. The molecule has 1 fully saturated rings. The monoisotopic (exact) mass is 326 g/mol. The van der Waals surface area contributed by atoms with Crippen molar-refractivity contribution in [2.75, 3.05) is 32.9 Å². The fraction of sp³-hybridized carbons (Fsp3) is 0.625. The Morgan fingerprint density at radius 1 is 1.27 bits per heavy atom. The summed E-state index contributed by atoms with van der Waals surface area (Å²) in [6.07, 6.45) is -0.583. The third-order valence-corrected chi connectivity index (χ3v) is 6.54. The van der Waals surface area contributed by atoms with Gasteiger partial charge in [-0.15, -0.1) is 0 Å². The quantitative estimate of drug-likeness (QED) is 0.876. The lowest BCUT2D eigenvalue weighted by molar-refractivity contribution is 0.148. The van der Waals surface area contributed by atoms with E-state index in [0.717, 1.165) is 6.54 Å². The summed E-state index contributed by atoms with van der Waals surface area (Å²) in [5, 5.41) is 10.2. The zero-order valence-electron chi connectivity index (χ0n) is 13.8. The van der Waals surface area contributed by atoms with E-state index in [2.05, 4.69) is 30.9 Å². The van der Waals surface area contributed by atoms with Crippen LogP contribution in [-0.4, -0.2) is 61.8 Å². The fourth-order valence-electron chi connectivity index (χ4n) is 2.88. The molecule has 0 spiro atoms. The van der Waals surface area contributed by atoms with Gasteiger partial charge in [-0.2, -0.15) is 0 Å². The number of rotatable bonds is 5. The van der Waals surface area contributed by atoms with Crippen molar-refractivity contribution in [3.05, 3.63) is 34.9 Å². The van der Waals surface area contributed by atoms with E-state index in [1.807, 2.05) is 6.07 Å². The predicted molar refractivity (Wildman–Crippen MR) is 88.2 cm³/mol. The Bertz CT molecular complexity index is 628. The summed E-state index contributed by atoms with van der Waals surface area (Å²) in [4.78, 5) is 2.14. The van der Waals surface area contributed by atoms with Gasteiger partial charge in [-0.3, -0.25) is 4.90 Å². The van der Waals surface area contributed by atoms with Crippen molar-refractivity contribution in [3.8, 4) is 0 Å². The number of sulfonamides is 1. The van der Waals surface area contributed by atoms with E-state index in [1.165, 1.54) is 35.1 Å². The zero-order valence-corrected chi connectivity index (χ0v) is 14.6. The first-order chi connectivity index (χ1) is 10.2. The highest BCUT2D eigenvalue weighted by Gasteiger charge is 2.35. The second kappa shape index (κ2) is 6.66. The molecule has 2 atom stereocenters. The van der Waals surface area contributed by atoms with Crippen molar-refractivity contribution in [1.29, 1.82) is 0 Å². The van der Waals surface area contributed by atoms with Crippen molar-refractivity contribution < 1.29 is 13.5 Å². The van der Waals surface area contributed by atoms with E-state index in [0.29, 0.717) is 13.1 Å². The summed E-state index contributed by atoms with van der Waals surface area (Å²) in [7, 11) is -0.214. The van der Waals surface area contributed by atoms with E-state index in [1.54, 1.807) is 0 Å². The van der Waals surface area contributed by atoms with Gasteiger partial charge in [0, 0.05) is 39.6 Å². The molecule has 1 heterocycles. The van der Waals surface area contributed by atoms with Gasteiger partial charge < -0.3 is 5.11 Å². The van der Waals surface area contributed by atoms with Crippen LogP contribution in [0.25, 0.3) is 0 Å². The first-order valence-electron chi connectivity index (χ1n) is 7.56. The summed E-state index contributed by atoms with van der Waals surface area (Å²) in [6.45, 7) is 6.08. The average molecular weight is 326 g/mol. The molecule has 0 radical (unpaired) electrons. The number of hydrogen-bond acceptors (Lipinski definition) is 4. The molecule has 0 aromatic heterocycles. The van der Waals surface area contributed by atoms with E-state index in [9.17, 15) is 13.5 Å². The van der Waals surface area contributed by atoms with Crippen LogP contribution in [-0.2, 0) is 16.6 Å². The molecule has 1 aromatic carbocycles. The molecule has 1 aliphatic rings. The lowest BCUT2D eigenvalue weighted by atomic mass is 10.0. The largest absolute Gasteiger partial charge is 0.391 e. The smallest absolute Gasteiger partial charge is 0.214 e. The maximum absolute atomic E-state index is 12.0. The highest BCUT2D eigenvalue weighted by molar-refractivity contribution is 7.89. The number of likely N-dealkylation sites (tertiary alicyclic amines) is 1. The van der Waals surface area contributed by atoms with Gasteiger partial charge in [-0.25, -0.2) is 12.7 Å². The topological polar surface area (TPSA) is 60.9 Å². The molecule has 0 amide bonds. The van der Waals surface area contributed by atoms with Crippen LogP contribution in [0.2, 0.25) is 0 Å². The molecule has 1 N–H and O–H groups in total. The summed E-state index contributed by atoms with van der Waals surface area (Å²) >= 11 is 0. The van der Waals surface area contributed by atoms with Gasteiger partial charge in [0.25, 0.3) is 0 Å². The highest BCUT2D eigenvalue weighted by atomic mass is 32.2. The molecule has 1 aromatic rings. The van der Waals surface area contributed by atoms with Crippen LogP contribution in [0.5, 0.6) is 0 Å². The van der Waals surface area contributed by atoms with Gasteiger partial charge in [0.2, 0.25) is 10.0 Å². The van der Waals surface area contributed by atoms with Crippen LogP contribution in [0.1, 0.15) is 16.7 Å². The normalized spacial score (nSPS) is 23.4. The Labute approximate surface area is 133 Å². The molecule has 124 valence electrons. The number of aliphatic hydroxyl groups excluding tert-OH is 1. The molecule has 1 saturated heterocycles. The molecule has 5 nitrogen and oxygen atoms in total. The highest BCUT2D eigenvalue weighted by Crippen LogP contribution is 2.23. The van der Waals surface area contributed by atoms with Crippen molar-refractivity contribution in [2.24, 2.45) is 5.92 Å². The Kier molecular flexibility index (Phi) is 5.27. The van der Waals surface area contributed by atoms with Crippen molar-refractivity contribution in [2.45, 2.75) is 26.5 Å². The van der Waals surface area contributed by atoms with E-state index >= 15 is 0 Å². The standard InChI is InChI=1S/C16H26N2O3S/c1-12-6-5-7-14(13(12)2)8-18-9-15(16(19)10-18)11-22(20,21)17(3)4/h5-7,15-16,19H,8-11H2,1-4H3. The lowest BCUT2D eigenvalue weighted by Crippen LogP contribution is -2.33. The van der Waals surface area contributed by atoms with Crippen LogP contribution < -0.4 is 0 Å². The molecular formula is C16H26N2O3S. The number of aliphatic hydroxyl groups is 1. The fourth-order valence-corrected chi connectivity index (χ4v) is 4.04. The number of β-amino-alcohol motifs (C(OH)–C–C–N with tert-alkyl or cyclic N) is 1. The van der Waals surface area contributed by atoms with Crippen molar-refractivity contribution in [3.63, 3.8) is 0 Å². The molecule has 2 rings (SSSR count). The lowest BCUT2D eigenvalue weighted by Gasteiger charge is -2.19. The number of benzene rings is 1. The van der Waals surface area contributed by atoms with Crippen LogP contribution in [0.4, 0.5) is 0 Å². The number of aryl methyl sites for hydroxylation is 1. The number of nitrogens with zero attached hydrogens (tertiary/aromatic N) is 2. The molecule has 0 bridgehead atoms. The second-order valence-electron chi connectivity index (χ2n) is 6.44. The number of hydrogen-bond donors (Lipinski definition) is 1. The third-order valence-electron chi connectivity index (χ3n) is 4.57. The van der Waals surface area contributed by atoms with Crippen LogP contribution in [0.3, 0.4) is 0 Å². The van der Waals surface area contributed by atoms with Gasteiger partial charge in [0.1, 0.15) is 0 Å². The van der Waals surface area contributed by atoms with Gasteiger partial charge >= 0.3 is 0 Å². The SMILES string of the molecule is Cc1cccc(CN2CC(O)C(CS(=O)(=O)N(C)C)C2)c1C.